The number of hydrogen-bond acceptors (Lipinski definition) is 2. The van der Waals surface area contributed by atoms with Crippen LogP contribution in [0.3, 0.4) is 0 Å². The zero-order chi connectivity index (χ0) is 9.99. The van der Waals surface area contributed by atoms with E-state index in [1.54, 1.807) is 6.92 Å². The van der Waals surface area contributed by atoms with Crippen LogP contribution in [-0.2, 0) is 9.53 Å². The maximum Gasteiger partial charge on any atom is 0.317 e. The molecule has 0 aromatic rings. The van der Waals surface area contributed by atoms with Gasteiger partial charge in [0.05, 0.1) is 6.61 Å². The molecule has 0 spiro atoms. The lowest BCUT2D eigenvalue weighted by Gasteiger charge is -2.28. The Morgan fingerprint density at radius 2 is 1.75 bits per heavy atom. The number of halogens is 2. The first-order valence-electron chi connectivity index (χ1n) is 3.78. The van der Waals surface area contributed by atoms with E-state index in [1.165, 1.54) is 13.8 Å². The summed E-state index contributed by atoms with van der Waals surface area (Å²) in [6, 6.07) is 0. The fourth-order valence-corrected chi connectivity index (χ4v) is 0.491. The van der Waals surface area contributed by atoms with E-state index in [2.05, 4.69) is 4.74 Å². The molecule has 4 heteroatoms. The van der Waals surface area contributed by atoms with Crippen LogP contribution in [0.25, 0.3) is 0 Å². The molecule has 0 aliphatic heterocycles. The van der Waals surface area contributed by atoms with Gasteiger partial charge in [-0.3, -0.25) is 4.79 Å². The second kappa shape index (κ2) is 3.37. The van der Waals surface area contributed by atoms with Crippen LogP contribution in [0, 0.1) is 5.41 Å². The van der Waals surface area contributed by atoms with Gasteiger partial charge in [-0.1, -0.05) is 0 Å². The minimum Gasteiger partial charge on any atom is -0.465 e. The van der Waals surface area contributed by atoms with Gasteiger partial charge in [-0.2, -0.15) is 0 Å². The fraction of sp³-hybridized carbons (Fsp3) is 0.875. The Bertz CT molecular complexity index is 170. The third kappa shape index (κ3) is 2.16. The number of carbonyl (C=O) groups is 1. The molecule has 0 aliphatic carbocycles. The van der Waals surface area contributed by atoms with Crippen molar-refractivity contribution in [3.63, 3.8) is 0 Å². The van der Waals surface area contributed by atoms with Gasteiger partial charge in [-0.25, -0.2) is 8.78 Å². The molecule has 2 nitrogen and oxygen atoms in total. The van der Waals surface area contributed by atoms with E-state index in [4.69, 9.17) is 0 Å². The van der Waals surface area contributed by atoms with Gasteiger partial charge in [0, 0.05) is 6.92 Å². The summed E-state index contributed by atoms with van der Waals surface area (Å²) in [5, 5.41) is 0. The summed E-state index contributed by atoms with van der Waals surface area (Å²) < 4.78 is 30.1. The maximum atomic E-state index is 12.8. The van der Waals surface area contributed by atoms with E-state index in [0.717, 1.165) is 0 Å². The Kier molecular flexibility index (Phi) is 3.18. The van der Waals surface area contributed by atoms with E-state index in [0.29, 0.717) is 6.92 Å². The zero-order valence-corrected chi connectivity index (χ0v) is 7.78. The van der Waals surface area contributed by atoms with Crippen LogP contribution < -0.4 is 0 Å². The van der Waals surface area contributed by atoms with Gasteiger partial charge in [0.2, 0.25) is 0 Å². The molecular weight excluding hydrogens is 166 g/mol. The Labute approximate surface area is 70.9 Å². The van der Waals surface area contributed by atoms with Crippen LogP contribution in [-0.4, -0.2) is 18.5 Å². The standard InChI is InChI=1S/C8H14F2O2/c1-5-12-6(11)7(2,3)8(4,9)10/h5H2,1-4H3. The second-order valence-electron chi connectivity index (χ2n) is 3.23. The SMILES string of the molecule is CCOC(=O)C(C)(C)C(C)(F)F. The van der Waals surface area contributed by atoms with Crippen molar-refractivity contribution in [1.29, 1.82) is 0 Å². The van der Waals surface area contributed by atoms with Gasteiger partial charge in [0.15, 0.2) is 0 Å². The third-order valence-electron chi connectivity index (χ3n) is 1.88. The van der Waals surface area contributed by atoms with Gasteiger partial charge in [0.1, 0.15) is 5.41 Å². The molecule has 0 N–H and O–H groups in total. The number of hydrogen-bond donors (Lipinski definition) is 0. The topological polar surface area (TPSA) is 26.3 Å². The van der Waals surface area contributed by atoms with Crippen molar-refractivity contribution in [1.82, 2.24) is 0 Å². The van der Waals surface area contributed by atoms with Gasteiger partial charge < -0.3 is 4.74 Å². The van der Waals surface area contributed by atoms with E-state index in [9.17, 15) is 13.6 Å². The van der Waals surface area contributed by atoms with Crippen LogP contribution in [0.5, 0.6) is 0 Å². The molecule has 0 aromatic heterocycles. The van der Waals surface area contributed by atoms with Crippen LogP contribution in [0.15, 0.2) is 0 Å². The predicted octanol–water partition coefficient (Wildman–Crippen LogP) is 2.23. The van der Waals surface area contributed by atoms with Crippen molar-refractivity contribution < 1.29 is 18.3 Å². The lowest BCUT2D eigenvalue weighted by molar-refractivity contribution is -0.175. The van der Waals surface area contributed by atoms with Gasteiger partial charge in [-0.15, -0.1) is 0 Å². The highest BCUT2D eigenvalue weighted by Crippen LogP contribution is 2.36. The molecule has 0 saturated heterocycles. The Morgan fingerprint density at radius 1 is 1.33 bits per heavy atom. The smallest absolute Gasteiger partial charge is 0.317 e. The highest BCUT2D eigenvalue weighted by Gasteiger charge is 2.49. The number of ether oxygens (including phenoxy) is 1. The molecule has 0 unspecified atom stereocenters. The minimum absolute atomic E-state index is 0.123. The highest BCUT2D eigenvalue weighted by atomic mass is 19.3. The fourth-order valence-electron chi connectivity index (χ4n) is 0.491. The molecule has 0 atom stereocenters. The molecule has 0 aromatic carbocycles. The molecule has 0 amide bonds. The van der Waals surface area contributed by atoms with Crippen LogP contribution in [0.4, 0.5) is 8.78 Å². The molecule has 0 heterocycles. The third-order valence-corrected chi connectivity index (χ3v) is 1.88. The lowest BCUT2D eigenvalue weighted by atomic mass is 9.87. The van der Waals surface area contributed by atoms with Crippen LogP contribution in [0.2, 0.25) is 0 Å². The Morgan fingerprint density at radius 3 is 2.00 bits per heavy atom. The summed E-state index contributed by atoms with van der Waals surface area (Å²) in [5.74, 6) is -3.92. The molecule has 0 radical (unpaired) electrons. The molecular formula is C8H14F2O2. The molecule has 0 bridgehead atoms. The maximum absolute atomic E-state index is 12.8. The summed E-state index contributed by atoms with van der Waals surface area (Å²) >= 11 is 0. The first-order valence-corrected chi connectivity index (χ1v) is 3.78. The van der Waals surface area contributed by atoms with Gasteiger partial charge >= 0.3 is 5.97 Å². The monoisotopic (exact) mass is 180 g/mol. The highest BCUT2D eigenvalue weighted by molar-refractivity contribution is 5.77. The molecule has 0 aliphatic rings. The lowest BCUT2D eigenvalue weighted by Crippen LogP contribution is -2.41. The van der Waals surface area contributed by atoms with Crippen LogP contribution in [0.1, 0.15) is 27.7 Å². The molecule has 0 saturated carbocycles. The summed E-state index contributed by atoms with van der Waals surface area (Å²) in [7, 11) is 0. The zero-order valence-electron chi connectivity index (χ0n) is 7.78. The summed E-state index contributed by atoms with van der Waals surface area (Å²) in [4.78, 5) is 11.0. The second-order valence-corrected chi connectivity index (χ2v) is 3.23. The van der Waals surface area contributed by atoms with E-state index in [-0.39, 0.29) is 6.61 Å². The Hall–Kier alpha value is -0.670. The molecule has 72 valence electrons. The average molecular weight is 180 g/mol. The summed E-state index contributed by atoms with van der Waals surface area (Å²) in [6.07, 6.45) is 0. The van der Waals surface area contributed by atoms with Crippen molar-refractivity contribution in [2.24, 2.45) is 5.41 Å². The predicted molar refractivity (Wildman–Crippen MR) is 41.0 cm³/mol. The quantitative estimate of drug-likeness (QED) is 0.622. The average Bonchev–Trinajstić information content (AvgIpc) is 1.85. The van der Waals surface area contributed by atoms with E-state index < -0.39 is 17.3 Å². The van der Waals surface area contributed by atoms with Gasteiger partial charge in [-0.05, 0) is 20.8 Å². The number of carbonyl (C=O) groups excluding carboxylic acids is 1. The molecule has 0 fully saturated rings. The van der Waals surface area contributed by atoms with Crippen molar-refractivity contribution in [3.05, 3.63) is 0 Å². The number of esters is 1. The Balaban J connectivity index is 4.50. The van der Waals surface area contributed by atoms with E-state index >= 15 is 0 Å². The van der Waals surface area contributed by atoms with Crippen molar-refractivity contribution in [2.75, 3.05) is 6.61 Å². The summed E-state index contributed by atoms with van der Waals surface area (Å²) in [6.45, 7) is 4.76. The molecule has 12 heavy (non-hydrogen) atoms. The van der Waals surface area contributed by atoms with Crippen molar-refractivity contribution in [2.45, 2.75) is 33.6 Å². The largest absolute Gasteiger partial charge is 0.465 e. The van der Waals surface area contributed by atoms with Crippen LogP contribution >= 0.6 is 0 Å². The minimum atomic E-state index is -3.06. The molecule has 0 rings (SSSR count). The van der Waals surface area contributed by atoms with Gasteiger partial charge in [0.25, 0.3) is 5.92 Å². The normalized spacial score (nSPS) is 12.8. The number of rotatable bonds is 3. The number of alkyl halides is 2. The first kappa shape index (κ1) is 11.3. The first-order chi connectivity index (χ1) is 5.23. The summed E-state index contributed by atoms with van der Waals surface area (Å²) in [5.41, 5.74) is -1.75. The van der Waals surface area contributed by atoms with E-state index in [1.807, 2.05) is 0 Å². The van der Waals surface area contributed by atoms with Crippen molar-refractivity contribution in [3.8, 4) is 0 Å². The van der Waals surface area contributed by atoms with Crippen molar-refractivity contribution >= 4 is 5.97 Å².